The normalized spacial score (nSPS) is 11.7. The molecule has 2 aromatic carbocycles. The molecule has 0 saturated heterocycles. The minimum Gasteiger partial charge on any atom is -0.355 e. The van der Waals surface area contributed by atoms with E-state index in [-0.39, 0.29) is 11.8 Å². The summed E-state index contributed by atoms with van der Waals surface area (Å²) in [7, 11) is 0. The number of carbonyl (C=O) groups is 2. The molecule has 4 nitrogen and oxygen atoms in total. The Hall–Kier alpha value is -2.14. The van der Waals surface area contributed by atoms with E-state index < -0.39 is 6.04 Å². The van der Waals surface area contributed by atoms with E-state index in [4.69, 9.17) is 0 Å². The van der Waals surface area contributed by atoms with Gasteiger partial charge in [-0.05, 0) is 30.2 Å². The molecule has 1 N–H and O–H groups in total. The molecule has 2 aromatic rings. The third kappa shape index (κ3) is 5.70. The van der Waals surface area contributed by atoms with E-state index in [1.807, 2.05) is 68.4 Å². The van der Waals surface area contributed by atoms with Crippen LogP contribution in [0.5, 0.6) is 0 Å². The van der Waals surface area contributed by atoms with Gasteiger partial charge in [-0.2, -0.15) is 0 Å². The molecule has 0 saturated carbocycles. The molecule has 0 bridgehead atoms. The molecule has 0 aliphatic carbocycles. The Morgan fingerprint density at radius 3 is 2.23 bits per heavy atom. The SMILES string of the molecule is CCNC(=O)C(Cc1ccccc1)N(Cc1ccc(Br)cc1)C(=O)CC. The lowest BCUT2D eigenvalue weighted by Gasteiger charge is -2.31. The molecule has 5 heteroatoms. The van der Waals surface area contributed by atoms with Crippen LogP contribution in [0.2, 0.25) is 0 Å². The van der Waals surface area contributed by atoms with E-state index in [0.29, 0.717) is 25.9 Å². The van der Waals surface area contributed by atoms with Crippen molar-refractivity contribution < 1.29 is 9.59 Å². The van der Waals surface area contributed by atoms with Gasteiger partial charge in [0.25, 0.3) is 0 Å². The van der Waals surface area contributed by atoms with Crippen molar-refractivity contribution in [2.45, 2.75) is 39.3 Å². The molecule has 0 aromatic heterocycles. The molecular weight excluding hydrogens is 392 g/mol. The van der Waals surface area contributed by atoms with Crippen LogP contribution in [-0.2, 0) is 22.6 Å². The first kappa shape index (κ1) is 20.2. The minimum absolute atomic E-state index is 0.0277. The maximum atomic E-state index is 12.7. The zero-order chi connectivity index (χ0) is 18.9. The van der Waals surface area contributed by atoms with Crippen LogP contribution in [0.4, 0.5) is 0 Å². The van der Waals surface area contributed by atoms with Gasteiger partial charge >= 0.3 is 0 Å². The van der Waals surface area contributed by atoms with Gasteiger partial charge in [-0.25, -0.2) is 0 Å². The molecule has 0 heterocycles. The second-order valence-electron chi connectivity index (χ2n) is 6.10. The summed E-state index contributed by atoms with van der Waals surface area (Å²) in [6.07, 6.45) is 0.857. The molecule has 138 valence electrons. The molecule has 2 rings (SSSR count). The predicted molar refractivity (Wildman–Crippen MR) is 108 cm³/mol. The van der Waals surface area contributed by atoms with E-state index >= 15 is 0 Å². The summed E-state index contributed by atoms with van der Waals surface area (Å²) in [5.41, 5.74) is 2.03. The molecule has 0 spiro atoms. The van der Waals surface area contributed by atoms with Gasteiger partial charge in [0.15, 0.2) is 0 Å². The van der Waals surface area contributed by atoms with E-state index in [2.05, 4.69) is 21.2 Å². The number of nitrogens with zero attached hydrogens (tertiary/aromatic N) is 1. The largest absolute Gasteiger partial charge is 0.355 e. The topological polar surface area (TPSA) is 49.4 Å². The summed E-state index contributed by atoms with van der Waals surface area (Å²) in [6.45, 7) is 4.66. The number of benzene rings is 2. The summed E-state index contributed by atoms with van der Waals surface area (Å²) < 4.78 is 0.985. The summed E-state index contributed by atoms with van der Waals surface area (Å²) in [6, 6.07) is 17.1. The van der Waals surface area contributed by atoms with Crippen molar-refractivity contribution in [1.82, 2.24) is 10.2 Å². The molecule has 26 heavy (non-hydrogen) atoms. The van der Waals surface area contributed by atoms with Crippen LogP contribution in [0.25, 0.3) is 0 Å². The van der Waals surface area contributed by atoms with Gasteiger partial charge in [0.1, 0.15) is 6.04 Å². The number of carbonyl (C=O) groups excluding carboxylic acids is 2. The molecule has 1 unspecified atom stereocenters. The number of hydrogen-bond donors (Lipinski definition) is 1. The Labute approximate surface area is 163 Å². The first-order valence-corrected chi connectivity index (χ1v) is 9.70. The Bertz CT molecular complexity index is 717. The van der Waals surface area contributed by atoms with Crippen molar-refractivity contribution in [2.24, 2.45) is 0 Å². The number of rotatable bonds is 8. The van der Waals surface area contributed by atoms with Crippen LogP contribution in [0.3, 0.4) is 0 Å². The van der Waals surface area contributed by atoms with E-state index in [1.165, 1.54) is 0 Å². The molecule has 0 aliphatic rings. The maximum Gasteiger partial charge on any atom is 0.243 e. The lowest BCUT2D eigenvalue weighted by Crippen LogP contribution is -2.50. The monoisotopic (exact) mass is 416 g/mol. The quantitative estimate of drug-likeness (QED) is 0.708. The summed E-state index contributed by atoms with van der Waals surface area (Å²) in [4.78, 5) is 27.1. The third-order valence-electron chi connectivity index (χ3n) is 4.19. The maximum absolute atomic E-state index is 12.7. The zero-order valence-electron chi connectivity index (χ0n) is 15.2. The van der Waals surface area contributed by atoms with Gasteiger partial charge in [0, 0.05) is 30.4 Å². The Morgan fingerprint density at radius 2 is 1.65 bits per heavy atom. The fourth-order valence-electron chi connectivity index (χ4n) is 2.84. The Kier molecular flexibility index (Phi) is 7.85. The van der Waals surface area contributed by atoms with Crippen molar-refractivity contribution in [3.05, 3.63) is 70.2 Å². The molecule has 1 atom stereocenters. The summed E-state index contributed by atoms with van der Waals surface area (Å²) in [5.74, 6) is -0.143. The zero-order valence-corrected chi connectivity index (χ0v) is 16.8. The standard InChI is InChI=1S/C21H25BrN2O2/c1-3-20(25)24(15-17-10-12-18(22)13-11-17)19(21(26)23-4-2)14-16-8-6-5-7-9-16/h5-13,19H,3-4,14-15H2,1-2H3,(H,23,26). The van der Waals surface area contributed by atoms with Crippen LogP contribution in [0, 0.1) is 0 Å². The van der Waals surface area contributed by atoms with Gasteiger partial charge in [-0.15, -0.1) is 0 Å². The fraction of sp³-hybridized carbons (Fsp3) is 0.333. The number of amides is 2. The Balaban J connectivity index is 2.31. The van der Waals surface area contributed by atoms with Crippen LogP contribution in [-0.4, -0.2) is 29.3 Å². The van der Waals surface area contributed by atoms with Crippen molar-refractivity contribution >= 4 is 27.7 Å². The average Bonchev–Trinajstić information content (AvgIpc) is 2.66. The highest BCUT2D eigenvalue weighted by molar-refractivity contribution is 9.10. The lowest BCUT2D eigenvalue weighted by atomic mass is 10.0. The fourth-order valence-corrected chi connectivity index (χ4v) is 3.10. The van der Waals surface area contributed by atoms with Crippen molar-refractivity contribution in [1.29, 1.82) is 0 Å². The summed E-state index contributed by atoms with van der Waals surface area (Å²) >= 11 is 3.43. The van der Waals surface area contributed by atoms with Gasteiger partial charge < -0.3 is 10.2 Å². The minimum atomic E-state index is -0.534. The van der Waals surface area contributed by atoms with Gasteiger partial charge in [0.2, 0.25) is 11.8 Å². The van der Waals surface area contributed by atoms with Gasteiger partial charge in [-0.1, -0.05) is 65.3 Å². The van der Waals surface area contributed by atoms with Crippen molar-refractivity contribution in [3.8, 4) is 0 Å². The highest BCUT2D eigenvalue weighted by Gasteiger charge is 2.29. The number of likely N-dealkylation sites (N-methyl/N-ethyl adjacent to an activating group) is 1. The Morgan fingerprint density at radius 1 is 1.00 bits per heavy atom. The highest BCUT2D eigenvalue weighted by Crippen LogP contribution is 2.17. The highest BCUT2D eigenvalue weighted by atomic mass is 79.9. The van der Waals surface area contributed by atoms with E-state index in [1.54, 1.807) is 4.90 Å². The first-order valence-electron chi connectivity index (χ1n) is 8.90. The lowest BCUT2D eigenvalue weighted by molar-refractivity contribution is -0.141. The molecule has 0 fully saturated rings. The van der Waals surface area contributed by atoms with Crippen LogP contribution in [0.15, 0.2) is 59.1 Å². The van der Waals surface area contributed by atoms with Crippen LogP contribution < -0.4 is 5.32 Å². The molecule has 0 radical (unpaired) electrons. The predicted octanol–water partition coefficient (Wildman–Crippen LogP) is 3.94. The number of hydrogen-bond acceptors (Lipinski definition) is 2. The van der Waals surface area contributed by atoms with E-state index in [0.717, 1.165) is 15.6 Å². The second-order valence-corrected chi connectivity index (χ2v) is 7.02. The number of nitrogens with one attached hydrogen (secondary N) is 1. The third-order valence-corrected chi connectivity index (χ3v) is 4.72. The smallest absolute Gasteiger partial charge is 0.243 e. The van der Waals surface area contributed by atoms with Gasteiger partial charge in [-0.3, -0.25) is 9.59 Å². The second kappa shape index (κ2) is 10.1. The first-order chi connectivity index (χ1) is 12.5. The van der Waals surface area contributed by atoms with Crippen LogP contribution in [0.1, 0.15) is 31.4 Å². The number of halogens is 1. The van der Waals surface area contributed by atoms with Crippen molar-refractivity contribution in [3.63, 3.8) is 0 Å². The van der Waals surface area contributed by atoms with Gasteiger partial charge in [0.05, 0.1) is 0 Å². The van der Waals surface area contributed by atoms with Crippen LogP contribution >= 0.6 is 15.9 Å². The van der Waals surface area contributed by atoms with E-state index in [9.17, 15) is 9.59 Å². The molecule has 0 aliphatic heterocycles. The molecule has 2 amide bonds. The summed E-state index contributed by atoms with van der Waals surface area (Å²) in [5, 5.41) is 2.88. The average molecular weight is 417 g/mol. The van der Waals surface area contributed by atoms with Crippen molar-refractivity contribution in [2.75, 3.05) is 6.54 Å². The molecular formula is C21H25BrN2O2.